The van der Waals surface area contributed by atoms with E-state index in [1.165, 1.54) is 19.1 Å². The van der Waals surface area contributed by atoms with Gasteiger partial charge in [-0.05, 0) is 31.2 Å². The Hall–Kier alpha value is -3.70. The van der Waals surface area contributed by atoms with Crippen LogP contribution in [0.4, 0.5) is 10.2 Å². The van der Waals surface area contributed by atoms with Crippen LogP contribution in [-0.2, 0) is 10.0 Å². The molecule has 32 heavy (non-hydrogen) atoms. The summed E-state index contributed by atoms with van der Waals surface area (Å²) in [6, 6.07) is 12.1. The zero-order chi connectivity index (χ0) is 23.0. The Balaban J connectivity index is 1.67. The predicted molar refractivity (Wildman–Crippen MR) is 112 cm³/mol. The molecular weight excluding hydrogens is 463 g/mol. The van der Waals surface area contributed by atoms with Crippen LogP contribution in [0.2, 0.25) is 5.02 Å². The Morgan fingerprint density at radius 1 is 1.19 bits per heavy atom. The van der Waals surface area contributed by atoms with Gasteiger partial charge in [0.05, 0.1) is 9.92 Å². The number of nitrogen functional groups attached to an aromatic ring is 1. The summed E-state index contributed by atoms with van der Waals surface area (Å²) in [6.07, 6.45) is 0. The summed E-state index contributed by atoms with van der Waals surface area (Å²) in [7, 11) is -4.32. The first-order valence-electron chi connectivity index (χ1n) is 8.98. The van der Waals surface area contributed by atoms with Crippen molar-refractivity contribution in [1.82, 2.24) is 14.3 Å². The number of carbonyl (C=O) groups is 1. The van der Waals surface area contributed by atoms with Crippen LogP contribution in [0.15, 0.2) is 64.0 Å². The number of benzene rings is 2. The van der Waals surface area contributed by atoms with Gasteiger partial charge < -0.3 is 15.0 Å². The number of esters is 1. The molecule has 0 atom stereocenters. The number of aryl methyl sites for hydroxylation is 1. The third-order valence-electron chi connectivity index (χ3n) is 4.40. The van der Waals surface area contributed by atoms with Crippen LogP contribution in [0.3, 0.4) is 0 Å². The van der Waals surface area contributed by atoms with Gasteiger partial charge in [0, 0.05) is 11.6 Å². The highest BCUT2D eigenvalue weighted by atomic mass is 35.5. The fourth-order valence-electron chi connectivity index (χ4n) is 2.92. The maximum atomic E-state index is 13.5. The van der Waals surface area contributed by atoms with Crippen molar-refractivity contribution in [1.29, 1.82) is 0 Å². The molecule has 12 heteroatoms. The fourth-order valence-corrected chi connectivity index (χ4v) is 4.38. The lowest BCUT2D eigenvalue weighted by atomic mass is 10.1. The van der Waals surface area contributed by atoms with Crippen molar-refractivity contribution in [3.05, 3.63) is 76.8 Å². The largest absolute Gasteiger partial charge is 0.402 e. The lowest BCUT2D eigenvalue weighted by Crippen LogP contribution is -2.17. The maximum absolute atomic E-state index is 13.5. The second kappa shape index (κ2) is 8.09. The second-order valence-corrected chi connectivity index (χ2v) is 8.72. The van der Waals surface area contributed by atoms with E-state index in [-0.39, 0.29) is 27.7 Å². The minimum Gasteiger partial charge on any atom is -0.402 e. The molecule has 9 nitrogen and oxygen atoms in total. The highest BCUT2D eigenvalue weighted by molar-refractivity contribution is 7.90. The molecule has 0 aliphatic carbocycles. The Labute approximate surface area is 186 Å². The second-order valence-electron chi connectivity index (χ2n) is 6.54. The van der Waals surface area contributed by atoms with Crippen molar-refractivity contribution in [2.75, 3.05) is 5.73 Å². The number of hydrogen-bond donors (Lipinski definition) is 1. The van der Waals surface area contributed by atoms with Gasteiger partial charge in [0.15, 0.2) is 0 Å². The number of halogens is 2. The van der Waals surface area contributed by atoms with E-state index in [0.717, 1.165) is 18.2 Å². The van der Waals surface area contributed by atoms with Gasteiger partial charge in [0.2, 0.25) is 5.88 Å². The summed E-state index contributed by atoms with van der Waals surface area (Å²) in [5, 5.41) is 7.96. The molecule has 2 aromatic heterocycles. The van der Waals surface area contributed by atoms with Gasteiger partial charge in [-0.1, -0.05) is 41.0 Å². The SMILES string of the molecule is Cc1onc(-c2ccccc2Cl)c1C(=O)Oc1cc(N)n(S(=O)(=O)c2cccc(F)c2)n1. The molecule has 0 bridgehead atoms. The quantitative estimate of drug-likeness (QED) is 0.431. The predicted octanol–water partition coefficient (Wildman–Crippen LogP) is 3.68. The molecule has 4 rings (SSSR count). The molecule has 164 valence electrons. The molecule has 0 unspecified atom stereocenters. The van der Waals surface area contributed by atoms with E-state index in [0.29, 0.717) is 14.7 Å². The minimum atomic E-state index is -4.32. The van der Waals surface area contributed by atoms with Gasteiger partial charge in [-0.25, -0.2) is 9.18 Å². The summed E-state index contributed by atoms with van der Waals surface area (Å²) >= 11 is 6.19. The molecular formula is C20H14ClFN4O5S. The molecule has 4 aromatic rings. The summed E-state index contributed by atoms with van der Waals surface area (Å²) < 4.78 is 49.7. The smallest absolute Gasteiger partial charge is 0.350 e. The lowest BCUT2D eigenvalue weighted by molar-refractivity contribution is 0.0726. The van der Waals surface area contributed by atoms with Crippen molar-refractivity contribution < 1.29 is 26.9 Å². The van der Waals surface area contributed by atoms with E-state index in [1.54, 1.807) is 24.3 Å². The molecule has 0 aliphatic rings. The topological polar surface area (TPSA) is 130 Å². The molecule has 0 radical (unpaired) electrons. The van der Waals surface area contributed by atoms with E-state index < -0.39 is 27.7 Å². The van der Waals surface area contributed by atoms with Gasteiger partial charge in [-0.2, -0.15) is 8.42 Å². The van der Waals surface area contributed by atoms with Gasteiger partial charge in [-0.3, -0.25) is 0 Å². The van der Waals surface area contributed by atoms with Crippen molar-refractivity contribution in [2.24, 2.45) is 0 Å². The van der Waals surface area contributed by atoms with Crippen LogP contribution in [0.1, 0.15) is 16.1 Å². The van der Waals surface area contributed by atoms with E-state index in [9.17, 15) is 17.6 Å². The lowest BCUT2D eigenvalue weighted by Gasteiger charge is -2.06. The first kappa shape index (κ1) is 21.5. The van der Waals surface area contributed by atoms with Crippen LogP contribution in [0, 0.1) is 12.7 Å². The Bertz CT molecular complexity index is 1450. The number of hydrogen-bond acceptors (Lipinski definition) is 8. The number of aromatic nitrogens is 3. The first-order valence-corrected chi connectivity index (χ1v) is 10.8. The van der Waals surface area contributed by atoms with Gasteiger partial charge >= 0.3 is 5.97 Å². The van der Waals surface area contributed by atoms with Crippen molar-refractivity contribution in [3.8, 4) is 17.1 Å². The van der Waals surface area contributed by atoms with Crippen molar-refractivity contribution in [3.63, 3.8) is 0 Å². The fraction of sp³-hybridized carbons (Fsp3) is 0.0500. The van der Waals surface area contributed by atoms with Gasteiger partial charge in [0.25, 0.3) is 10.0 Å². The molecule has 0 saturated carbocycles. The molecule has 0 aliphatic heterocycles. The number of rotatable bonds is 5. The van der Waals surface area contributed by atoms with Crippen molar-refractivity contribution >= 4 is 33.4 Å². The van der Waals surface area contributed by atoms with Crippen LogP contribution in [-0.4, -0.2) is 28.7 Å². The number of carbonyl (C=O) groups excluding carboxylic acids is 1. The van der Waals surface area contributed by atoms with E-state index in [4.69, 9.17) is 26.6 Å². The van der Waals surface area contributed by atoms with Crippen LogP contribution >= 0.6 is 11.6 Å². The third kappa shape index (κ3) is 3.83. The maximum Gasteiger partial charge on any atom is 0.350 e. The highest BCUT2D eigenvalue weighted by Crippen LogP contribution is 2.32. The summed E-state index contributed by atoms with van der Waals surface area (Å²) in [5.41, 5.74) is 6.33. The molecule has 0 amide bonds. The average Bonchev–Trinajstić information content (AvgIpc) is 3.31. The van der Waals surface area contributed by atoms with Crippen LogP contribution < -0.4 is 10.5 Å². The Kier molecular flexibility index (Phi) is 5.45. The van der Waals surface area contributed by atoms with Gasteiger partial charge in [-0.15, -0.1) is 9.19 Å². The Morgan fingerprint density at radius 3 is 2.66 bits per heavy atom. The highest BCUT2D eigenvalue weighted by Gasteiger charge is 2.27. The monoisotopic (exact) mass is 476 g/mol. The number of nitrogens with zero attached hydrogens (tertiary/aromatic N) is 3. The van der Waals surface area contributed by atoms with Crippen molar-refractivity contribution in [2.45, 2.75) is 11.8 Å². The summed E-state index contributed by atoms with van der Waals surface area (Å²) in [4.78, 5) is 12.5. The van der Waals surface area contributed by atoms with Crippen LogP contribution in [0.5, 0.6) is 5.88 Å². The molecule has 0 spiro atoms. The molecule has 0 fully saturated rings. The molecule has 2 aromatic carbocycles. The molecule has 2 N–H and O–H groups in total. The van der Waals surface area contributed by atoms with E-state index >= 15 is 0 Å². The minimum absolute atomic E-state index is 0.0146. The third-order valence-corrected chi connectivity index (χ3v) is 6.32. The average molecular weight is 477 g/mol. The number of ether oxygens (including phenoxy) is 1. The Morgan fingerprint density at radius 2 is 1.94 bits per heavy atom. The van der Waals surface area contributed by atoms with Gasteiger partial charge in [0.1, 0.15) is 28.7 Å². The van der Waals surface area contributed by atoms with Crippen LogP contribution in [0.25, 0.3) is 11.3 Å². The zero-order valence-electron chi connectivity index (χ0n) is 16.3. The first-order chi connectivity index (χ1) is 15.2. The molecule has 2 heterocycles. The number of nitrogens with two attached hydrogens (primary N) is 1. The number of anilines is 1. The molecule has 0 saturated heterocycles. The summed E-state index contributed by atoms with van der Waals surface area (Å²) in [5.74, 6) is -2.24. The normalized spacial score (nSPS) is 11.5. The van der Waals surface area contributed by atoms with E-state index in [1.807, 2.05) is 0 Å². The summed E-state index contributed by atoms with van der Waals surface area (Å²) in [6.45, 7) is 1.51. The van der Waals surface area contributed by atoms with E-state index in [2.05, 4.69) is 10.3 Å². The zero-order valence-corrected chi connectivity index (χ0v) is 17.9. The standard InChI is InChI=1S/C20H14ClFN4O5S/c1-11-18(19(25-31-11)14-7-2-3-8-15(14)21)20(27)30-17-10-16(23)26(24-17)32(28,29)13-6-4-5-12(22)9-13/h2-10H,23H2,1H3.